The number of carbonyl (C=O) groups is 1. The van der Waals surface area contributed by atoms with Crippen LogP contribution in [0.4, 0.5) is 13.2 Å². The molecule has 0 aromatic carbocycles. The molecular formula is C18H22F3N3O4. The van der Waals surface area contributed by atoms with E-state index in [2.05, 4.69) is 10.1 Å². The van der Waals surface area contributed by atoms with E-state index in [1.807, 2.05) is 0 Å². The summed E-state index contributed by atoms with van der Waals surface area (Å²) in [6.45, 7) is 6.35. The molecule has 0 spiro atoms. The van der Waals surface area contributed by atoms with Crippen LogP contribution in [0.25, 0.3) is 0 Å². The predicted octanol–water partition coefficient (Wildman–Crippen LogP) is 3.64. The van der Waals surface area contributed by atoms with Gasteiger partial charge in [-0.2, -0.15) is 18.3 Å². The molecule has 28 heavy (non-hydrogen) atoms. The highest BCUT2D eigenvalue weighted by atomic mass is 19.4. The van der Waals surface area contributed by atoms with Gasteiger partial charge in [-0.3, -0.25) is 4.98 Å². The van der Waals surface area contributed by atoms with Crippen LogP contribution in [0, 0.1) is 0 Å². The third kappa shape index (κ3) is 4.27. The van der Waals surface area contributed by atoms with E-state index in [1.165, 1.54) is 4.68 Å². The van der Waals surface area contributed by atoms with Gasteiger partial charge in [0.2, 0.25) is 5.88 Å². The fraction of sp³-hybridized carbons (Fsp3) is 0.500. The van der Waals surface area contributed by atoms with Gasteiger partial charge in [0.1, 0.15) is 5.56 Å². The van der Waals surface area contributed by atoms with Crippen LogP contribution in [-0.2, 0) is 24.6 Å². The van der Waals surface area contributed by atoms with Gasteiger partial charge in [0.05, 0.1) is 11.7 Å². The minimum atomic E-state index is -4.75. The Morgan fingerprint density at radius 3 is 2.36 bits per heavy atom. The van der Waals surface area contributed by atoms with Crippen molar-refractivity contribution in [2.75, 3.05) is 6.61 Å². The summed E-state index contributed by atoms with van der Waals surface area (Å²) in [5, 5.41) is 22.5. The fourth-order valence-electron chi connectivity index (χ4n) is 2.78. The molecule has 2 N–H and O–H groups in total. The van der Waals surface area contributed by atoms with Crippen molar-refractivity contribution in [1.82, 2.24) is 14.8 Å². The van der Waals surface area contributed by atoms with Crippen molar-refractivity contribution < 1.29 is 32.9 Å². The van der Waals surface area contributed by atoms with Gasteiger partial charge in [0.25, 0.3) is 0 Å². The Hall–Kier alpha value is -2.62. The van der Waals surface area contributed by atoms with Gasteiger partial charge < -0.3 is 14.9 Å². The fourth-order valence-corrected chi connectivity index (χ4v) is 2.78. The largest absolute Gasteiger partial charge is 0.476 e. The van der Waals surface area contributed by atoms with Gasteiger partial charge in [-0.25, -0.2) is 9.48 Å². The monoisotopic (exact) mass is 401 g/mol. The second kappa shape index (κ2) is 7.78. The normalized spacial score (nSPS) is 12.3. The zero-order valence-electron chi connectivity index (χ0n) is 16.0. The van der Waals surface area contributed by atoms with E-state index in [0.29, 0.717) is 0 Å². The Labute approximate surface area is 159 Å². The van der Waals surface area contributed by atoms with Gasteiger partial charge >= 0.3 is 12.1 Å². The van der Waals surface area contributed by atoms with Crippen molar-refractivity contribution in [3.8, 4) is 11.6 Å². The van der Waals surface area contributed by atoms with Crippen LogP contribution in [0.5, 0.6) is 11.6 Å². The molecule has 0 saturated carbocycles. The summed E-state index contributed by atoms with van der Waals surface area (Å²) < 4.78 is 47.9. The molecule has 0 saturated heterocycles. The Morgan fingerprint density at radius 1 is 1.25 bits per heavy atom. The Bertz CT molecular complexity index is 870. The first-order valence-electron chi connectivity index (χ1n) is 8.60. The highest BCUT2D eigenvalue weighted by Gasteiger charge is 2.38. The number of aromatic nitrogens is 3. The lowest BCUT2D eigenvalue weighted by Crippen LogP contribution is -2.24. The molecule has 0 radical (unpaired) electrons. The Kier molecular flexibility index (Phi) is 6.03. The number of alkyl halides is 3. The lowest BCUT2D eigenvalue weighted by molar-refractivity contribution is -0.139. The molecule has 2 aromatic rings. The summed E-state index contributed by atoms with van der Waals surface area (Å²) >= 11 is 0. The Morgan fingerprint density at radius 2 is 1.89 bits per heavy atom. The molecular weight excluding hydrogens is 379 g/mol. The third-order valence-electron chi connectivity index (χ3n) is 3.99. The number of aromatic carboxylic acids is 1. The molecule has 2 rings (SSSR count). The summed E-state index contributed by atoms with van der Waals surface area (Å²) in [5.74, 6) is -1.95. The maximum absolute atomic E-state index is 13.7. The number of ether oxygens (including phenoxy) is 1. The van der Waals surface area contributed by atoms with Crippen LogP contribution >= 0.6 is 0 Å². The van der Waals surface area contributed by atoms with Crippen molar-refractivity contribution in [2.24, 2.45) is 0 Å². The van der Waals surface area contributed by atoms with Crippen molar-refractivity contribution in [3.05, 3.63) is 34.8 Å². The average molecular weight is 401 g/mol. The number of hydrogen-bond donors (Lipinski definition) is 2. The maximum atomic E-state index is 13.7. The quantitative estimate of drug-likeness (QED) is 0.767. The number of rotatable bonds is 6. The molecule has 0 atom stereocenters. The first-order valence-corrected chi connectivity index (χ1v) is 8.60. The molecule has 0 fully saturated rings. The van der Waals surface area contributed by atoms with E-state index < -0.39 is 35.6 Å². The number of aliphatic hydroxyl groups excluding tert-OH is 1. The minimum absolute atomic E-state index is 0.0825. The van der Waals surface area contributed by atoms with Crippen molar-refractivity contribution in [1.29, 1.82) is 0 Å². The number of hydrogen-bond acceptors (Lipinski definition) is 5. The number of carboxylic acids is 1. The van der Waals surface area contributed by atoms with Gasteiger partial charge in [0, 0.05) is 18.4 Å². The molecule has 0 amide bonds. The molecule has 0 bridgehead atoms. The van der Waals surface area contributed by atoms with E-state index in [1.54, 1.807) is 27.7 Å². The summed E-state index contributed by atoms with van der Waals surface area (Å²) in [6, 6.07) is 0. The number of nitrogens with zero attached hydrogens (tertiary/aromatic N) is 3. The second-order valence-corrected chi connectivity index (χ2v) is 7.12. The van der Waals surface area contributed by atoms with Crippen LogP contribution in [0.2, 0.25) is 0 Å². The summed E-state index contributed by atoms with van der Waals surface area (Å²) in [4.78, 5) is 15.3. The lowest BCUT2D eigenvalue weighted by Gasteiger charge is -2.23. The van der Waals surface area contributed by atoms with Crippen LogP contribution in [-0.4, -0.2) is 37.6 Å². The van der Waals surface area contributed by atoms with E-state index >= 15 is 0 Å². The average Bonchev–Trinajstić information content (AvgIpc) is 2.93. The molecule has 7 nitrogen and oxygen atoms in total. The number of aliphatic hydroxyl groups is 1. The molecule has 154 valence electrons. The van der Waals surface area contributed by atoms with E-state index in [4.69, 9.17) is 9.84 Å². The predicted molar refractivity (Wildman–Crippen MR) is 93.7 cm³/mol. The van der Waals surface area contributed by atoms with Crippen LogP contribution in [0.3, 0.4) is 0 Å². The molecule has 10 heteroatoms. The SMILES string of the molecule is CCc1c(C(=O)O)nn(C(C)(C)C)c1Oc1cncc(CCO)c1C(F)(F)F. The van der Waals surface area contributed by atoms with E-state index in [-0.39, 0.29) is 35.5 Å². The summed E-state index contributed by atoms with van der Waals surface area (Å²) in [6.07, 6.45) is -2.87. The van der Waals surface area contributed by atoms with E-state index in [9.17, 15) is 23.1 Å². The lowest BCUT2D eigenvalue weighted by atomic mass is 10.1. The topological polar surface area (TPSA) is 97.5 Å². The van der Waals surface area contributed by atoms with Gasteiger partial charge in [-0.1, -0.05) is 6.92 Å². The highest BCUT2D eigenvalue weighted by molar-refractivity contribution is 5.88. The Balaban J connectivity index is 2.72. The first kappa shape index (κ1) is 21.7. The molecule has 2 heterocycles. The van der Waals surface area contributed by atoms with Gasteiger partial charge in [0.15, 0.2) is 11.4 Å². The van der Waals surface area contributed by atoms with Crippen molar-refractivity contribution in [3.63, 3.8) is 0 Å². The third-order valence-corrected chi connectivity index (χ3v) is 3.99. The number of pyridine rings is 1. The first-order chi connectivity index (χ1) is 12.9. The summed E-state index contributed by atoms with van der Waals surface area (Å²) in [7, 11) is 0. The number of halogens is 3. The summed E-state index contributed by atoms with van der Waals surface area (Å²) in [5.41, 5.74) is -2.12. The highest BCUT2D eigenvalue weighted by Crippen LogP contribution is 2.42. The zero-order valence-corrected chi connectivity index (χ0v) is 16.0. The van der Waals surface area contributed by atoms with Gasteiger partial charge in [-0.15, -0.1) is 0 Å². The molecule has 0 aliphatic heterocycles. The van der Waals surface area contributed by atoms with Gasteiger partial charge in [-0.05, 0) is 39.2 Å². The molecule has 0 aliphatic carbocycles. The zero-order chi connectivity index (χ0) is 21.3. The van der Waals surface area contributed by atoms with E-state index in [0.717, 1.165) is 12.4 Å². The molecule has 0 unspecified atom stereocenters. The second-order valence-electron chi connectivity index (χ2n) is 7.12. The van der Waals surface area contributed by atoms with Crippen LogP contribution in [0.1, 0.15) is 54.9 Å². The smallest absolute Gasteiger partial charge is 0.420 e. The van der Waals surface area contributed by atoms with Crippen LogP contribution in [0.15, 0.2) is 12.4 Å². The van der Waals surface area contributed by atoms with Crippen molar-refractivity contribution >= 4 is 5.97 Å². The van der Waals surface area contributed by atoms with Crippen molar-refractivity contribution in [2.45, 2.75) is 52.3 Å². The number of carboxylic acid groups (broad SMARTS) is 1. The molecule has 2 aromatic heterocycles. The standard InChI is InChI=1S/C18H22F3N3O4/c1-5-11-14(16(26)27)23-24(17(2,3)4)15(11)28-12-9-22-8-10(6-7-25)13(12)18(19,20)21/h8-9,25H,5-7H2,1-4H3,(H,26,27). The maximum Gasteiger partial charge on any atom is 0.420 e. The van der Waals surface area contributed by atoms with Crippen LogP contribution < -0.4 is 4.74 Å². The molecule has 0 aliphatic rings. The minimum Gasteiger partial charge on any atom is -0.476 e.